The lowest BCUT2D eigenvalue weighted by atomic mass is 9.93. The molecule has 0 saturated heterocycles. The van der Waals surface area contributed by atoms with Crippen molar-refractivity contribution in [3.8, 4) is 0 Å². The predicted molar refractivity (Wildman–Crippen MR) is 71.4 cm³/mol. The maximum atomic E-state index is 2.66. The van der Waals surface area contributed by atoms with Gasteiger partial charge in [0.05, 0.1) is 8.07 Å². The standard InChI is InChI=1S/C15H20Si/c1-10-9-12-6-8-16(2)7-5-11-3-4-13(10)14(11)15(12)16/h9,11H,3-8H2,1-2H3. The van der Waals surface area contributed by atoms with Gasteiger partial charge in [0.1, 0.15) is 0 Å². The fourth-order valence-corrected chi connectivity index (χ4v) is 9.21. The molecule has 2 heterocycles. The van der Waals surface area contributed by atoms with Crippen LogP contribution in [0.1, 0.15) is 41.0 Å². The highest BCUT2D eigenvalue weighted by atomic mass is 28.3. The lowest BCUT2D eigenvalue weighted by Gasteiger charge is -2.34. The van der Waals surface area contributed by atoms with Crippen molar-refractivity contribution < 1.29 is 0 Å². The highest BCUT2D eigenvalue weighted by Gasteiger charge is 2.45. The molecule has 1 aromatic carbocycles. The molecule has 3 aliphatic rings. The third-order valence-corrected chi connectivity index (χ3v) is 10.1. The van der Waals surface area contributed by atoms with E-state index in [1.165, 1.54) is 25.7 Å². The molecular weight excluding hydrogens is 208 g/mol. The first kappa shape index (κ1) is 9.47. The minimum Gasteiger partial charge on any atom is -0.0652 e. The molecule has 0 fully saturated rings. The van der Waals surface area contributed by atoms with Gasteiger partial charge in [-0.2, -0.15) is 0 Å². The summed E-state index contributed by atoms with van der Waals surface area (Å²) in [6.07, 6.45) is 5.76. The van der Waals surface area contributed by atoms with Crippen LogP contribution in [0, 0.1) is 6.92 Å². The van der Waals surface area contributed by atoms with Crippen molar-refractivity contribution in [2.45, 2.75) is 57.2 Å². The van der Waals surface area contributed by atoms with Crippen LogP contribution in [-0.4, -0.2) is 8.07 Å². The molecule has 1 heteroatoms. The van der Waals surface area contributed by atoms with Gasteiger partial charge in [0.15, 0.2) is 0 Å². The molecule has 2 atom stereocenters. The van der Waals surface area contributed by atoms with E-state index >= 15 is 0 Å². The first-order chi connectivity index (χ1) is 7.69. The second-order valence-corrected chi connectivity index (χ2v) is 11.1. The molecule has 0 spiro atoms. The summed E-state index contributed by atoms with van der Waals surface area (Å²) in [5.41, 5.74) is 7.02. The molecule has 4 rings (SSSR count). The molecule has 84 valence electrons. The van der Waals surface area contributed by atoms with Gasteiger partial charge in [-0.25, -0.2) is 0 Å². The first-order valence-corrected chi connectivity index (χ1v) is 9.76. The summed E-state index contributed by atoms with van der Waals surface area (Å²) in [5.74, 6) is 0.960. The van der Waals surface area contributed by atoms with E-state index in [0.29, 0.717) is 0 Å². The zero-order valence-electron chi connectivity index (χ0n) is 10.4. The smallest absolute Gasteiger partial charge is 0.0652 e. The highest BCUT2D eigenvalue weighted by Crippen LogP contribution is 2.46. The molecular formula is C15H20Si. The second kappa shape index (κ2) is 2.81. The van der Waals surface area contributed by atoms with Crippen molar-refractivity contribution in [1.82, 2.24) is 0 Å². The largest absolute Gasteiger partial charge is 0.0847 e. The van der Waals surface area contributed by atoms with Crippen LogP contribution >= 0.6 is 0 Å². The van der Waals surface area contributed by atoms with Crippen molar-refractivity contribution in [3.63, 3.8) is 0 Å². The van der Waals surface area contributed by atoms with E-state index in [1.807, 2.05) is 10.8 Å². The van der Waals surface area contributed by atoms with Crippen LogP contribution in [0.4, 0.5) is 0 Å². The number of hydrogen-bond donors (Lipinski definition) is 0. The van der Waals surface area contributed by atoms with E-state index < -0.39 is 8.07 Å². The number of aryl methyl sites for hydroxylation is 2. The monoisotopic (exact) mass is 228 g/mol. The molecule has 0 aromatic heterocycles. The minimum atomic E-state index is -0.995. The van der Waals surface area contributed by atoms with Gasteiger partial charge < -0.3 is 0 Å². The summed E-state index contributed by atoms with van der Waals surface area (Å²) in [6, 6.07) is 5.67. The molecule has 16 heavy (non-hydrogen) atoms. The van der Waals surface area contributed by atoms with Gasteiger partial charge in [-0.05, 0) is 66.8 Å². The molecule has 0 N–H and O–H groups in total. The quantitative estimate of drug-likeness (QED) is 0.598. The van der Waals surface area contributed by atoms with Crippen molar-refractivity contribution in [1.29, 1.82) is 0 Å². The normalized spacial score (nSPS) is 34.2. The molecule has 2 unspecified atom stereocenters. The summed E-state index contributed by atoms with van der Waals surface area (Å²) in [5, 5.41) is 1.95. The average molecular weight is 228 g/mol. The van der Waals surface area contributed by atoms with Crippen molar-refractivity contribution in [2.75, 3.05) is 0 Å². The maximum absolute atomic E-state index is 2.66. The van der Waals surface area contributed by atoms with Crippen LogP contribution in [0.25, 0.3) is 0 Å². The fourth-order valence-electron chi connectivity index (χ4n) is 4.68. The van der Waals surface area contributed by atoms with Gasteiger partial charge in [0.2, 0.25) is 0 Å². The fraction of sp³-hybridized carbons (Fsp3) is 0.600. The van der Waals surface area contributed by atoms with E-state index in [2.05, 4.69) is 19.5 Å². The van der Waals surface area contributed by atoms with Gasteiger partial charge in [-0.3, -0.25) is 0 Å². The van der Waals surface area contributed by atoms with Gasteiger partial charge >= 0.3 is 0 Å². The number of hydrogen-bond acceptors (Lipinski definition) is 0. The minimum absolute atomic E-state index is 0.960. The van der Waals surface area contributed by atoms with Crippen LogP contribution < -0.4 is 5.19 Å². The van der Waals surface area contributed by atoms with E-state index in [0.717, 1.165) is 5.92 Å². The Morgan fingerprint density at radius 2 is 2.06 bits per heavy atom. The average Bonchev–Trinajstić information content (AvgIpc) is 2.79. The Morgan fingerprint density at radius 3 is 2.94 bits per heavy atom. The van der Waals surface area contributed by atoms with Gasteiger partial charge in [-0.1, -0.05) is 23.8 Å². The van der Waals surface area contributed by atoms with E-state index in [-0.39, 0.29) is 0 Å². The van der Waals surface area contributed by atoms with E-state index in [4.69, 9.17) is 0 Å². The second-order valence-electron chi connectivity index (χ2n) is 6.45. The summed E-state index contributed by atoms with van der Waals surface area (Å²) >= 11 is 0. The van der Waals surface area contributed by atoms with Crippen LogP contribution in [0.2, 0.25) is 18.6 Å². The van der Waals surface area contributed by atoms with E-state index in [9.17, 15) is 0 Å². The Kier molecular flexibility index (Phi) is 1.66. The lowest BCUT2D eigenvalue weighted by molar-refractivity contribution is 0.645. The SMILES string of the molecule is Cc1cc2c3c4c1CCC4CC[Si]3(C)CC2. The third-order valence-electron chi connectivity index (χ3n) is 5.53. The maximum Gasteiger partial charge on any atom is 0.0847 e. The molecule has 1 aliphatic carbocycles. The first-order valence-electron chi connectivity index (χ1n) is 6.85. The molecule has 0 saturated carbocycles. The summed E-state index contributed by atoms with van der Waals surface area (Å²) in [6.45, 7) is 5.00. The molecule has 0 radical (unpaired) electrons. The third kappa shape index (κ3) is 0.964. The Bertz CT molecular complexity index is 489. The molecule has 0 amide bonds. The topological polar surface area (TPSA) is 0 Å². The van der Waals surface area contributed by atoms with Gasteiger partial charge in [-0.15, -0.1) is 0 Å². The van der Waals surface area contributed by atoms with Crippen LogP contribution in [0.3, 0.4) is 0 Å². The summed E-state index contributed by atoms with van der Waals surface area (Å²) < 4.78 is 0. The number of benzene rings is 1. The Labute approximate surface area is 99.1 Å². The van der Waals surface area contributed by atoms with E-state index in [1.54, 1.807) is 28.8 Å². The van der Waals surface area contributed by atoms with Crippen molar-refractivity contribution in [3.05, 3.63) is 28.3 Å². The zero-order chi connectivity index (χ0) is 10.9. The molecule has 0 bridgehead atoms. The Hall–Kier alpha value is -0.563. The Morgan fingerprint density at radius 1 is 1.19 bits per heavy atom. The number of rotatable bonds is 0. The van der Waals surface area contributed by atoms with Crippen LogP contribution in [0.5, 0.6) is 0 Å². The lowest BCUT2D eigenvalue weighted by Crippen LogP contribution is -2.47. The molecule has 1 aromatic rings. The summed E-state index contributed by atoms with van der Waals surface area (Å²) in [7, 11) is -0.995. The van der Waals surface area contributed by atoms with Crippen LogP contribution in [0.15, 0.2) is 6.07 Å². The van der Waals surface area contributed by atoms with Crippen molar-refractivity contribution in [2.24, 2.45) is 0 Å². The van der Waals surface area contributed by atoms with Gasteiger partial charge in [0.25, 0.3) is 0 Å². The summed E-state index contributed by atoms with van der Waals surface area (Å²) in [4.78, 5) is 0. The van der Waals surface area contributed by atoms with Crippen LogP contribution in [-0.2, 0) is 12.8 Å². The zero-order valence-corrected chi connectivity index (χ0v) is 11.4. The van der Waals surface area contributed by atoms with Crippen molar-refractivity contribution >= 4 is 13.3 Å². The molecule has 0 nitrogen and oxygen atoms in total. The Balaban J connectivity index is 2.10. The predicted octanol–water partition coefficient (Wildman–Crippen LogP) is 3.27. The highest BCUT2D eigenvalue weighted by molar-refractivity contribution is 6.92. The van der Waals surface area contributed by atoms with Gasteiger partial charge in [0, 0.05) is 0 Å². The molecule has 2 aliphatic heterocycles.